The van der Waals surface area contributed by atoms with Gasteiger partial charge >= 0.3 is 0 Å². The van der Waals surface area contributed by atoms with Gasteiger partial charge in [0, 0.05) is 51.5 Å². The van der Waals surface area contributed by atoms with Crippen molar-refractivity contribution in [1.29, 1.82) is 0 Å². The molecule has 7 heteroatoms. The fourth-order valence-corrected chi connectivity index (χ4v) is 4.98. The molecule has 2 fully saturated rings. The Labute approximate surface area is 166 Å². The monoisotopic (exact) mass is 388 g/mol. The largest absolute Gasteiger partial charge is 0.381 e. The van der Waals surface area contributed by atoms with Crippen LogP contribution in [0.5, 0.6) is 0 Å². The van der Waals surface area contributed by atoms with Crippen molar-refractivity contribution in [2.24, 2.45) is 5.92 Å². The van der Waals surface area contributed by atoms with E-state index in [9.17, 15) is 9.59 Å². The second-order valence-corrected chi connectivity index (χ2v) is 8.70. The van der Waals surface area contributed by atoms with Gasteiger partial charge in [-0.2, -0.15) is 0 Å². The smallest absolute Gasteiger partial charge is 0.255 e. The molecule has 4 rings (SSSR count). The molecule has 154 valence electrons. The van der Waals surface area contributed by atoms with Gasteiger partial charge in [-0.1, -0.05) is 0 Å². The fraction of sp³-hybridized carbons (Fsp3) is 0.762. The van der Waals surface area contributed by atoms with Crippen LogP contribution in [0.25, 0.3) is 0 Å². The first-order valence-electron chi connectivity index (χ1n) is 10.7. The second kappa shape index (κ2) is 8.33. The molecule has 3 heterocycles. The van der Waals surface area contributed by atoms with Crippen LogP contribution in [0.1, 0.15) is 61.5 Å². The maximum absolute atomic E-state index is 13.0. The van der Waals surface area contributed by atoms with E-state index in [0.29, 0.717) is 19.2 Å². The van der Waals surface area contributed by atoms with Crippen LogP contribution >= 0.6 is 0 Å². The third-order valence-electron chi connectivity index (χ3n) is 6.75. The van der Waals surface area contributed by atoms with E-state index < -0.39 is 0 Å². The van der Waals surface area contributed by atoms with Gasteiger partial charge in [-0.25, -0.2) is 4.98 Å². The van der Waals surface area contributed by atoms with Crippen molar-refractivity contribution in [2.75, 3.05) is 33.8 Å². The number of aromatic amines is 1. The van der Waals surface area contributed by atoms with Crippen molar-refractivity contribution in [3.63, 3.8) is 0 Å². The van der Waals surface area contributed by atoms with Crippen LogP contribution < -0.4 is 5.56 Å². The van der Waals surface area contributed by atoms with E-state index in [1.165, 1.54) is 0 Å². The third-order valence-corrected chi connectivity index (χ3v) is 6.75. The summed E-state index contributed by atoms with van der Waals surface area (Å²) >= 11 is 0. The van der Waals surface area contributed by atoms with Crippen molar-refractivity contribution < 1.29 is 9.53 Å². The molecule has 1 N–H and O–H groups in total. The van der Waals surface area contributed by atoms with Gasteiger partial charge in [0.05, 0.1) is 17.4 Å². The standard InChI is InChI=1S/C21H32N4O3/c1-24-11-9-18-17(13-24)20(26)23-19(22-18)15-4-3-10-25(12-15)21(27)14-5-7-16(28-2)8-6-14/h14-16H,3-13H2,1-2H3,(H,22,23,26)/t14?,15-,16?/m1/s1. The van der Waals surface area contributed by atoms with Crippen LogP contribution in [-0.4, -0.2) is 65.6 Å². The number of hydrogen-bond donors (Lipinski definition) is 1. The number of H-pyrrole nitrogens is 1. The SMILES string of the molecule is COC1CCC(C(=O)N2CCC[C@@H](c3nc4c(c(=O)[nH]3)CN(C)CC4)C2)CC1. The molecule has 2 aliphatic heterocycles. The Hall–Kier alpha value is -1.73. The zero-order valence-electron chi connectivity index (χ0n) is 17.1. The number of methoxy groups -OCH3 is 1. The van der Waals surface area contributed by atoms with Crippen LogP contribution in [0.15, 0.2) is 4.79 Å². The quantitative estimate of drug-likeness (QED) is 0.852. The molecule has 0 aromatic carbocycles. The van der Waals surface area contributed by atoms with Gasteiger partial charge in [-0.3, -0.25) is 9.59 Å². The highest BCUT2D eigenvalue weighted by molar-refractivity contribution is 5.79. The molecule has 1 aromatic rings. The number of amides is 1. The lowest BCUT2D eigenvalue weighted by Gasteiger charge is -2.36. The van der Waals surface area contributed by atoms with Gasteiger partial charge in [0.15, 0.2) is 0 Å². The van der Waals surface area contributed by atoms with Crippen LogP contribution in [0.2, 0.25) is 0 Å². The molecule has 1 aliphatic carbocycles. The lowest BCUT2D eigenvalue weighted by atomic mass is 9.85. The number of hydrogen-bond acceptors (Lipinski definition) is 5. The maximum Gasteiger partial charge on any atom is 0.255 e. The Balaban J connectivity index is 1.45. The summed E-state index contributed by atoms with van der Waals surface area (Å²) < 4.78 is 5.43. The second-order valence-electron chi connectivity index (χ2n) is 8.70. The third kappa shape index (κ3) is 4.01. The number of likely N-dealkylation sites (tertiary alicyclic amines) is 1. The average Bonchev–Trinajstić information content (AvgIpc) is 2.74. The molecule has 0 bridgehead atoms. The number of rotatable bonds is 3. The number of ether oxygens (including phenoxy) is 1. The molecule has 1 saturated carbocycles. The first kappa shape index (κ1) is 19.6. The number of carbonyl (C=O) groups is 1. The highest BCUT2D eigenvalue weighted by Gasteiger charge is 2.33. The summed E-state index contributed by atoms with van der Waals surface area (Å²) in [7, 11) is 3.79. The van der Waals surface area contributed by atoms with Crippen LogP contribution in [0.3, 0.4) is 0 Å². The molecule has 0 radical (unpaired) electrons. The summed E-state index contributed by atoms with van der Waals surface area (Å²) in [6.07, 6.45) is 6.84. The minimum atomic E-state index is -0.00659. The zero-order valence-corrected chi connectivity index (χ0v) is 17.1. The molecule has 28 heavy (non-hydrogen) atoms. The minimum absolute atomic E-state index is 0.00659. The number of aromatic nitrogens is 2. The van der Waals surface area contributed by atoms with Gasteiger partial charge in [0.2, 0.25) is 5.91 Å². The van der Waals surface area contributed by atoms with Gasteiger partial charge in [0.1, 0.15) is 5.82 Å². The molecule has 1 aromatic heterocycles. The molecular formula is C21H32N4O3. The van der Waals surface area contributed by atoms with Crippen LogP contribution in [-0.2, 0) is 22.5 Å². The predicted octanol–water partition coefficient (Wildman–Crippen LogP) is 1.67. The number of fused-ring (bicyclic) bond motifs is 1. The first-order chi connectivity index (χ1) is 13.5. The Morgan fingerprint density at radius 3 is 2.71 bits per heavy atom. The van der Waals surface area contributed by atoms with Crippen molar-refractivity contribution in [2.45, 2.75) is 63.5 Å². The average molecular weight is 389 g/mol. The van der Waals surface area contributed by atoms with Crippen molar-refractivity contribution >= 4 is 5.91 Å². The van der Waals surface area contributed by atoms with Crippen molar-refractivity contribution in [1.82, 2.24) is 19.8 Å². The summed E-state index contributed by atoms with van der Waals surface area (Å²) in [6, 6.07) is 0. The molecule has 7 nitrogen and oxygen atoms in total. The minimum Gasteiger partial charge on any atom is -0.381 e. The lowest BCUT2D eigenvalue weighted by Crippen LogP contribution is -2.44. The van der Waals surface area contributed by atoms with Crippen molar-refractivity contribution in [3.8, 4) is 0 Å². The molecule has 1 atom stereocenters. The first-order valence-corrected chi connectivity index (χ1v) is 10.7. The van der Waals surface area contributed by atoms with Crippen LogP contribution in [0, 0.1) is 5.92 Å². The summed E-state index contributed by atoms with van der Waals surface area (Å²) in [5.74, 6) is 1.30. The van der Waals surface area contributed by atoms with Gasteiger partial charge in [-0.05, 0) is 45.6 Å². The summed E-state index contributed by atoms with van der Waals surface area (Å²) in [4.78, 5) is 37.6. The molecule has 0 spiro atoms. The van der Waals surface area contributed by atoms with E-state index in [1.807, 2.05) is 11.9 Å². The van der Waals surface area contributed by atoms with Crippen molar-refractivity contribution in [3.05, 3.63) is 27.4 Å². The summed E-state index contributed by atoms with van der Waals surface area (Å²) in [5.41, 5.74) is 1.74. The van der Waals surface area contributed by atoms with E-state index in [2.05, 4.69) is 9.88 Å². The van der Waals surface area contributed by atoms with E-state index in [4.69, 9.17) is 9.72 Å². The normalized spacial score (nSPS) is 28.8. The van der Waals surface area contributed by atoms with Crippen LogP contribution in [0.4, 0.5) is 0 Å². The van der Waals surface area contributed by atoms with E-state index in [-0.39, 0.29) is 23.3 Å². The Kier molecular flexibility index (Phi) is 5.83. The molecule has 1 saturated heterocycles. The molecule has 3 aliphatic rings. The highest BCUT2D eigenvalue weighted by Crippen LogP contribution is 2.31. The van der Waals surface area contributed by atoms with E-state index >= 15 is 0 Å². The number of carbonyl (C=O) groups excluding carboxylic acids is 1. The van der Waals surface area contributed by atoms with Gasteiger partial charge < -0.3 is 19.5 Å². The summed E-state index contributed by atoms with van der Waals surface area (Å²) in [5, 5.41) is 0. The fourth-order valence-electron chi connectivity index (χ4n) is 4.98. The topological polar surface area (TPSA) is 78.5 Å². The van der Waals surface area contributed by atoms with E-state index in [0.717, 1.165) is 75.1 Å². The zero-order chi connectivity index (χ0) is 19.7. The summed E-state index contributed by atoms with van der Waals surface area (Å²) in [6.45, 7) is 3.09. The maximum atomic E-state index is 13.0. The highest BCUT2D eigenvalue weighted by atomic mass is 16.5. The van der Waals surface area contributed by atoms with Gasteiger partial charge in [0.25, 0.3) is 5.56 Å². The van der Waals surface area contributed by atoms with Gasteiger partial charge in [-0.15, -0.1) is 0 Å². The van der Waals surface area contributed by atoms with E-state index in [1.54, 1.807) is 7.11 Å². The predicted molar refractivity (Wildman–Crippen MR) is 106 cm³/mol. The number of nitrogens with zero attached hydrogens (tertiary/aromatic N) is 3. The number of likely N-dealkylation sites (N-methyl/N-ethyl adjacent to an activating group) is 1. The molecule has 0 unspecified atom stereocenters. The molecule has 1 amide bonds. The Bertz CT molecular complexity index is 769. The Morgan fingerprint density at radius 2 is 1.96 bits per heavy atom. The number of piperidine rings is 1. The Morgan fingerprint density at radius 1 is 1.18 bits per heavy atom. The number of nitrogens with one attached hydrogen (secondary N) is 1. The molecular weight excluding hydrogens is 356 g/mol. The lowest BCUT2D eigenvalue weighted by molar-refractivity contribution is -0.138.